The molecule has 88 valence electrons. The van der Waals surface area contributed by atoms with Crippen LogP contribution in [0.5, 0.6) is 0 Å². The number of halogens is 1. The normalized spacial score (nSPS) is 11.9. The molecule has 0 spiro atoms. The molecule has 4 N–H and O–H groups in total. The van der Waals surface area contributed by atoms with Crippen molar-refractivity contribution in [1.82, 2.24) is 5.32 Å². The van der Waals surface area contributed by atoms with Gasteiger partial charge >= 0.3 is 6.03 Å². The summed E-state index contributed by atoms with van der Waals surface area (Å²) in [6.45, 7) is 2.34. The minimum absolute atomic E-state index is 0.0413. The summed E-state index contributed by atoms with van der Waals surface area (Å²) in [5.41, 5.74) is 6.00. The van der Waals surface area contributed by atoms with Crippen molar-refractivity contribution in [2.45, 2.75) is 19.4 Å². The number of amides is 2. The van der Waals surface area contributed by atoms with Crippen molar-refractivity contribution < 1.29 is 9.18 Å². The zero-order chi connectivity index (χ0) is 12.0. The van der Waals surface area contributed by atoms with Crippen molar-refractivity contribution in [2.24, 2.45) is 5.73 Å². The second-order valence-electron chi connectivity index (χ2n) is 3.45. The molecule has 2 amide bonds. The number of nitrogens with two attached hydrogens (primary N) is 1. The minimum atomic E-state index is -0.334. The molecule has 5 heteroatoms. The van der Waals surface area contributed by atoms with E-state index in [2.05, 4.69) is 10.6 Å². The SMILES string of the molecule is CCC(CN)NC(=O)Nc1ccc(F)cc1. The average Bonchev–Trinajstić information content (AvgIpc) is 2.29. The van der Waals surface area contributed by atoms with Gasteiger partial charge in [-0.2, -0.15) is 0 Å². The van der Waals surface area contributed by atoms with E-state index < -0.39 is 0 Å². The van der Waals surface area contributed by atoms with E-state index in [0.717, 1.165) is 6.42 Å². The van der Waals surface area contributed by atoms with Crippen molar-refractivity contribution in [3.63, 3.8) is 0 Å². The summed E-state index contributed by atoms with van der Waals surface area (Å²) in [5, 5.41) is 5.31. The van der Waals surface area contributed by atoms with E-state index in [-0.39, 0.29) is 17.9 Å². The van der Waals surface area contributed by atoms with E-state index in [1.54, 1.807) is 0 Å². The van der Waals surface area contributed by atoms with Gasteiger partial charge in [-0.05, 0) is 30.7 Å². The molecule has 0 aliphatic carbocycles. The molecule has 0 bridgehead atoms. The maximum Gasteiger partial charge on any atom is 0.319 e. The van der Waals surface area contributed by atoms with Crippen LogP contribution in [0.1, 0.15) is 13.3 Å². The third kappa shape index (κ3) is 3.86. The molecule has 0 aliphatic rings. The Balaban J connectivity index is 2.48. The predicted octanol–water partition coefficient (Wildman–Crippen LogP) is 1.68. The van der Waals surface area contributed by atoms with Crippen LogP contribution < -0.4 is 16.4 Å². The first-order valence-electron chi connectivity index (χ1n) is 5.19. The Morgan fingerprint density at radius 1 is 1.44 bits per heavy atom. The molecule has 16 heavy (non-hydrogen) atoms. The van der Waals surface area contributed by atoms with Gasteiger partial charge in [-0.1, -0.05) is 6.92 Å². The first kappa shape index (κ1) is 12.4. The van der Waals surface area contributed by atoms with Gasteiger partial charge < -0.3 is 16.4 Å². The lowest BCUT2D eigenvalue weighted by molar-refractivity contribution is 0.248. The van der Waals surface area contributed by atoms with Gasteiger partial charge in [-0.15, -0.1) is 0 Å². The monoisotopic (exact) mass is 225 g/mol. The number of hydrogen-bond donors (Lipinski definition) is 3. The second kappa shape index (κ2) is 6.07. The van der Waals surface area contributed by atoms with Crippen LogP contribution in [-0.2, 0) is 0 Å². The molecule has 1 unspecified atom stereocenters. The highest BCUT2D eigenvalue weighted by Gasteiger charge is 2.07. The standard InChI is InChI=1S/C11H16FN3O/c1-2-9(7-13)14-11(16)15-10-5-3-8(12)4-6-10/h3-6,9H,2,7,13H2,1H3,(H2,14,15,16). The molecule has 1 rings (SSSR count). The van der Waals surface area contributed by atoms with Crippen LogP contribution in [0.15, 0.2) is 24.3 Å². The molecule has 1 aromatic carbocycles. The van der Waals surface area contributed by atoms with Crippen molar-refractivity contribution >= 4 is 11.7 Å². The highest BCUT2D eigenvalue weighted by Crippen LogP contribution is 2.07. The van der Waals surface area contributed by atoms with Crippen LogP contribution in [0.4, 0.5) is 14.9 Å². The molecule has 0 aromatic heterocycles. The van der Waals surface area contributed by atoms with E-state index in [9.17, 15) is 9.18 Å². The molecule has 0 saturated heterocycles. The second-order valence-corrected chi connectivity index (χ2v) is 3.45. The zero-order valence-electron chi connectivity index (χ0n) is 9.16. The van der Waals surface area contributed by atoms with Crippen LogP contribution in [0.25, 0.3) is 0 Å². The lowest BCUT2D eigenvalue weighted by atomic mass is 10.2. The van der Waals surface area contributed by atoms with E-state index in [1.807, 2.05) is 6.92 Å². The predicted molar refractivity (Wildman–Crippen MR) is 61.7 cm³/mol. The topological polar surface area (TPSA) is 67.1 Å². The Labute approximate surface area is 94.0 Å². The fraction of sp³-hybridized carbons (Fsp3) is 0.364. The van der Waals surface area contributed by atoms with E-state index >= 15 is 0 Å². The summed E-state index contributed by atoms with van der Waals surface area (Å²) in [6, 6.07) is 5.20. The lowest BCUT2D eigenvalue weighted by Crippen LogP contribution is -2.41. The Morgan fingerprint density at radius 2 is 2.06 bits per heavy atom. The van der Waals surface area contributed by atoms with Crippen molar-refractivity contribution in [3.8, 4) is 0 Å². The molecule has 4 nitrogen and oxygen atoms in total. The third-order valence-electron chi connectivity index (χ3n) is 2.21. The number of nitrogens with one attached hydrogen (secondary N) is 2. The first-order valence-corrected chi connectivity index (χ1v) is 5.19. The average molecular weight is 225 g/mol. The van der Waals surface area contributed by atoms with Gasteiger partial charge in [0.05, 0.1) is 0 Å². The van der Waals surface area contributed by atoms with Gasteiger partial charge in [0.1, 0.15) is 5.82 Å². The number of benzene rings is 1. The van der Waals surface area contributed by atoms with Crippen molar-refractivity contribution in [2.75, 3.05) is 11.9 Å². The van der Waals surface area contributed by atoms with Crippen LogP contribution in [0.3, 0.4) is 0 Å². The van der Waals surface area contributed by atoms with Gasteiger partial charge in [0.15, 0.2) is 0 Å². The molecule has 0 aliphatic heterocycles. The smallest absolute Gasteiger partial charge is 0.319 e. The van der Waals surface area contributed by atoms with Crippen molar-refractivity contribution in [1.29, 1.82) is 0 Å². The van der Waals surface area contributed by atoms with Gasteiger partial charge in [0, 0.05) is 18.3 Å². The summed E-state index contributed by atoms with van der Waals surface area (Å²) in [6.07, 6.45) is 0.771. The molecule has 0 heterocycles. The lowest BCUT2D eigenvalue weighted by Gasteiger charge is -2.15. The highest BCUT2D eigenvalue weighted by molar-refractivity contribution is 5.89. The van der Waals surface area contributed by atoms with E-state index in [1.165, 1.54) is 24.3 Å². The fourth-order valence-corrected chi connectivity index (χ4v) is 1.21. The third-order valence-corrected chi connectivity index (χ3v) is 2.21. The van der Waals surface area contributed by atoms with E-state index in [4.69, 9.17) is 5.73 Å². The Hall–Kier alpha value is -1.62. The molecule has 1 aromatic rings. The number of hydrogen-bond acceptors (Lipinski definition) is 2. The Bertz CT molecular complexity index is 336. The zero-order valence-corrected chi connectivity index (χ0v) is 9.16. The van der Waals surface area contributed by atoms with Gasteiger partial charge in [0.2, 0.25) is 0 Å². The Kier molecular flexibility index (Phi) is 4.72. The summed E-state index contributed by atoms with van der Waals surface area (Å²) in [7, 11) is 0. The maximum absolute atomic E-state index is 12.6. The minimum Gasteiger partial charge on any atom is -0.334 e. The van der Waals surface area contributed by atoms with Crippen LogP contribution in [0.2, 0.25) is 0 Å². The number of urea groups is 1. The largest absolute Gasteiger partial charge is 0.334 e. The van der Waals surface area contributed by atoms with Crippen molar-refractivity contribution in [3.05, 3.63) is 30.1 Å². The highest BCUT2D eigenvalue weighted by atomic mass is 19.1. The van der Waals surface area contributed by atoms with Crippen LogP contribution in [-0.4, -0.2) is 18.6 Å². The summed E-state index contributed by atoms with van der Waals surface area (Å²) in [4.78, 5) is 11.5. The summed E-state index contributed by atoms with van der Waals surface area (Å²) >= 11 is 0. The first-order chi connectivity index (χ1) is 7.65. The van der Waals surface area contributed by atoms with E-state index in [0.29, 0.717) is 12.2 Å². The maximum atomic E-state index is 12.6. The molecule has 1 atom stereocenters. The van der Waals surface area contributed by atoms with Gasteiger partial charge in [-0.3, -0.25) is 0 Å². The summed E-state index contributed by atoms with van der Waals surface area (Å²) in [5.74, 6) is -0.334. The number of rotatable bonds is 4. The molecular weight excluding hydrogens is 209 g/mol. The number of carbonyl (C=O) groups excluding carboxylic acids is 1. The molecule has 0 fully saturated rings. The fourth-order valence-electron chi connectivity index (χ4n) is 1.21. The number of carbonyl (C=O) groups is 1. The molecule has 0 radical (unpaired) electrons. The van der Waals surface area contributed by atoms with Gasteiger partial charge in [0.25, 0.3) is 0 Å². The molecular formula is C11H16FN3O. The van der Waals surface area contributed by atoms with Gasteiger partial charge in [-0.25, -0.2) is 9.18 Å². The van der Waals surface area contributed by atoms with Crippen LogP contribution in [0, 0.1) is 5.82 Å². The number of anilines is 1. The van der Waals surface area contributed by atoms with Crippen LogP contribution >= 0.6 is 0 Å². The molecule has 0 saturated carbocycles. The Morgan fingerprint density at radius 3 is 2.56 bits per heavy atom. The quantitative estimate of drug-likeness (QED) is 0.729. The summed E-state index contributed by atoms with van der Waals surface area (Å²) < 4.78 is 12.6.